The number of halogens is 1. The Labute approximate surface area is 114 Å². The van der Waals surface area contributed by atoms with Crippen LogP contribution in [0.3, 0.4) is 0 Å². The molecule has 17 heavy (non-hydrogen) atoms. The van der Waals surface area contributed by atoms with E-state index in [4.69, 9.17) is 10.7 Å². The molecule has 0 saturated heterocycles. The Morgan fingerprint density at radius 1 is 1.24 bits per heavy atom. The minimum atomic E-state index is -0.294. The summed E-state index contributed by atoms with van der Waals surface area (Å²) in [6, 6.07) is 6.17. The molecule has 0 aliphatic rings. The van der Waals surface area contributed by atoms with Crippen molar-refractivity contribution < 1.29 is 0 Å². The van der Waals surface area contributed by atoms with Crippen molar-refractivity contribution in [3.8, 4) is 0 Å². The maximum absolute atomic E-state index is 6.25. The molecule has 2 rings (SSSR count). The molecule has 2 nitrogen and oxygen atoms in total. The van der Waals surface area contributed by atoms with E-state index < -0.39 is 0 Å². The van der Waals surface area contributed by atoms with Crippen LogP contribution in [0.25, 0.3) is 10.2 Å². The highest BCUT2D eigenvalue weighted by Crippen LogP contribution is 2.38. The number of hydrogen-bond acceptors (Lipinski definition) is 3. The van der Waals surface area contributed by atoms with Crippen LogP contribution in [-0.2, 0) is 5.41 Å². The fourth-order valence-electron chi connectivity index (χ4n) is 1.44. The van der Waals surface area contributed by atoms with Gasteiger partial charge in [-0.2, -0.15) is 0 Å². The fraction of sp³-hybridized carbons (Fsp3) is 0.462. The normalized spacial score (nSPS) is 13.3. The van der Waals surface area contributed by atoms with Crippen molar-refractivity contribution in [3.05, 3.63) is 27.7 Å². The third kappa shape index (κ3) is 2.26. The lowest BCUT2D eigenvalue weighted by Crippen LogP contribution is -2.50. The number of aromatic nitrogens is 1. The molecule has 0 atom stereocenters. The van der Waals surface area contributed by atoms with Gasteiger partial charge in [0.05, 0.1) is 10.2 Å². The van der Waals surface area contributed by atoms with Crippen LogP contribution in [0.1, 0.15) is 32.7 Å². The maximum Gasteiger partial charge on any atom is 0.101 e. The molecule has 0 unspecified atom stereocenters. The summed E-state index contributed by atoms with van der Waals surface area (Å²) in [4.78, 5) is 4.71. The SMILES string of the molecule is CC(C)(N)C(C)(C)c1nc2ccc(Br)cc2s1. The summed E-state index contributed by atoms with van der Waals surface area (Å²) in [5.74, 6) is 0. The smallest absolute Gasteiger partial charge is 0.101 e. The first kappa shape index (κ1) is 13.0. The molecule has 0 amide bonds. The monoisotopic (exact) mass is 312 g/mol. The summed E-state index contributed by atoms with van der Waals surface area (Å²) < 4.78 is 2.29. The molecule has 0 aliphatic carbocycles. The Bertz CT molecular complexity index is 552. The van der Waals surface area contributed by atoms with Crippen molar-refractivity contribution in [3.63, 3.8) is 0 Å². The number of nitrogens with zero attached hydrogens (tertiary/aromatic N) is 1. The third-order valence-corrected chi connectivity index (χ3v) is 5.33. The lowest BCUT2D eigenvalue weighted by Gasteiger charge is -2.36. The van der Waals surface area contributed by atoms with Gasteiger partial charge in [0.1, 0.15) is 5.01 Å². The molecule has 0 spiro atoms. The highest BCUT2D eigenvalue weighted by Gasteiger charge is 2.37. The molecule has 1 aromatic heterocycles. The first-order chi connectivity index (χ1) is 7.72. The van der Waals surface area contributed by atoms with Crippen LogP contribution in [0.4, 0.5) is 0 Å². The standard InChI is InChI=1S/C13H17BrN2S/c1-12(2,13(3,4)15)11-16-9-6-5-8(14)7-10(9)17-11/h5-7H,15H2,1-4H3. The number of thiazole rings is 1. The summed E-state index contributed by atoms with van der Waals surface area (Å²) in [6.07, 6.45) is 0. The Morgan fingerprint density at radius 3 is 2.47 bits per heavy atom. The van der Waals surface area contributed by atoms with Crippen LogP contribution in [0.15, 0.2) is 22.7 Å². The highest BCUT2D eigenvalue weighted by molar-refractivity contribution is 9.10. The molecule has 0 bridgehead atoms. The average Bonchev–Trinajstić information content (AvgIpc) is 2.58. The van der Waals surface area contributed by atoms with Gasteiger partial charge in [-0.1, -0.05) is 29.8 Å². The summed E-state index contributed by atoms with van der Waals surface area (Å²) >= 11 is 5.21. The summed E-state index contributed by atoms with van der Waals surface area (Å²) in [5.41, 5.74) is 6.87. The van der Waals surface area contributed by atoms with E-state index in [9.17, 15) is 0 Å². The van der Waals surface area contributed by atoms with E-state index in [2.05, 4.69) is 49.7 Å². The number of rotatable bonds is 2. The van der Waals surface area contributed by atoms with Crippen LogP contribution in [0.2, 0.25) is 0 Å². The van der Waals surface area contributed by atoms with Gasteiger partial charge in [0, 0.05) is 15.4 Å². The Balaban J connectivity index is 2.57. The average molecular weight is 313 g/mol. The molecule has 4 heteroatoms. The number of nitrogens with two attached hydrogens (primary N) is 1. The molecule has 1 aromatic carbocycles. The summed E-state index contributed by atoms with van der Waals surface area (Å²) in [6.45, 7) is 8.41. The number of benzene rings is 1. The van der Waals surface area contributed by atoms with Gasteiger partial charge >= 0.3 is 0 Å². The van der Waals surface area contributed by atoms with Crippen molar-refractivity contribution in [2.24, 2.45) is 5.73 Å². The zero-order valence-corrected chi connectivity index (χ0v) is 12.9. The second-order valence-electron chi connectivity index (χ2n) is 5.48. The lowest BCUT2D eigenvalue weighted by molar-refractivity contribution is 0.306. The molecule has 2 aromatic rings. The first-order valence-electron chi connectivity index (χ1n) is 5.57. The van der Waals surface area contributed by atoms with Gasteiger partial charge in [-0.25, -0.2) is 4.98 Å². The van der Waals surface area contributed by atoms with Gasteiger partial charge in [0.15, 0.2) is 0 Å². The quantitative estimate of drug-likeness (QED) is 0.907. The Hall–Kier alpha value is -0.450. The molecule has 0 aliphatic heterocycles. The van der Waals surface area contributed by atoms with Crippen LogP contribution < -0.4 is 5.73 Å². The molecule has 92 valence electrons. The second kappa shape index (κ2) is 4.04. The van der Waals surface area contributed by atoms with E-state index in [-0.39, 0.29) is 11.0 Å². The van der Waals surface area contributed by atoms with Gasteiger partial charge in [-0.05, 0) is 32.0 Å². The van der Waals surface area contributed by atoms with E-state index in [0.717, 1.165) is 15.0 Å². The largest absolute Gasteiger partial charge is 0.325 e. The Kier molecular flexibility index (Phi) is 3.09. The van der Waals surface area contributed by atoms with Crippen molar-refractivity contribution >= 4 is 37.5 Å². The predicted molar refractivity (Wildman–Crippen MR) is 78.6 cm³/mol. The first-order valence-corrected chi connectivity index (χ1v) is 7.18. The molecule has 0 fully saturated rings. The van der Waals surface area contributed by atoms with E-state index in [0.29, 0.717) is 0 Å². The summed E-state index contributed by atoms with van der Waals surface area (Å²) in [7, 11) is 0. The molecular weight excluding hydrogens is 296 g/mol. The third-order valence-electron chi connectivity index (χ3n) is 3.50. The molecular formula is C13H17BrN2S. The van der Waals surface area contributed by atoms with Gasteiger partial charge in [-0.3, -0.25) is 0 Å². The highest BCUT2D eigenvalue weighted by atomic mass is 79.9. The minimum absolute atomic E-state index is 0.136. The van der Waals surface area contributed by atoms with E-state index in [1.54, 1.807) is 11.3 Å². The maximum atomic E-state index is 6.25. The van der Waals surface area contributed by atoms with E-state index >= 15 is 0 Å². The predicted octanol–water partition coefficient (Wildman–Crippen LogP) is 4.07. The zero-order chi connectivity index (χ0) is 12.8. The van der Waals surface area contributed by atoms with Crippen LogP contribution in [0.5, 0.6) is 0 Å². The van der Waals surface area contributed by atoms with Gasteiger partial charge < -0.3 is 5.73 Å². The van der Waals surface area contributed by atoms with Crippen molar-refractivity contribution in [2.75, 3.05) is 0 Å². The number of hydrogen-bond donors (Lipinski definition) is 1. The molecule has 0 saturated carbocycles. The van der Waals surface area contributed by atoms with Crippen LogP contribution in [-0.4, -0.2) is 10.5 Å². The topological polar surface area (TPSA) is 38.9 Å². The van der Waals surface area contributed by atoms with Gasteiger partial charge in [-0.15, -0.1) is 11.3 Å². The molecule has 2 N–H and O–H groups in total. The number of fused-ring (bicyclic) bond motifs is 1. The van der Waals surface area contributed by atoms with Crippen LogP contribution in [0, 0.1) is 0 Å². The Morgan fingerprint density at radius 2 is 1.88 bits per heavy atom. The fourth-order valence-corrected chi connectivity index (χ4v) is 3.23. The molecule has 0 radical (unpaired) electrons. The zero-order valence-electron chi connectivity index (χ0n) is 10.5. The van der Waals surface area contributed by atoms with Gasteiger partial charge in [0.2, 0.25) is 0 Å². The summed E-state index contributed by atoms with van der Waals surface area (Å²) in [5, 5.41) is 1.10. The van der Waals surface area contributed by atoms with Crippen molar-refractivity contribution in [1.82, 2.24) is 4.98 Å². The lowest BCUT2D eigenvalue weighted by atomic mass is 9.76. The van der Waals surface area contributed by atoms with Gasteiger partial charge in [0.25, 0.3) is 0 Å². The minimum Gasteiger partial charge on any atom is -0.325 e. The van der Waals surface area contributed by atoms with E-state index in [1.165, 1.54) is 4.70 Å². The van der Waals surface area contributed by atoms with Crippen LogP contribution >= 0.6 is 27.3 Å². The second-order valence-corrected chi connectivity index (χ2v) is 7.42. The van der Waals surface area contributed by atoms with E-state index in [1.807, 2.05) is 12.1 Å². The molecule has 1 heterocycles. The van der Waals surface area contributed by atoms with Crippen molar-refractivity contribution in [2.45, 2.75) is 38.6 Å². The van der Waals surface area contributed by atoms with Crippen molar-refractivity contribution in [1.29, 1.82) is 0 Å².